The van der Waals surface area contributed by atoms with Crippen molar-refractivity contribution in [2.75, 3.05) is 40.4 Å². The van der Waals surface area contributed by atoms with E-state index < -0.39 is 10.8 Å². The lowest BCUT2D eigenvalue weighted by atomic mass is 10.2. The van der Waals surface area contributed by atoms with Gasteiger partial charge in [0, 0.05) is 38.9 Å². The van der Waals surface area contributed by atoms with E-state index in [4.69, 9.17) is 16.3 Å². The molecule has 0 saturated carbocycles. The Balaban J connectivity index is 2.56. The van der Waals surface area contributed by atoms with Gasteiger partial charge in [-0.1, -0.05) is 11.6 Å². The molecule has 0 spiro atoms. The molecule has 8 heteroatoms. The second kappa shape index (κ2) is 8.56. The van der Waals surface area contributed by atoms with E-state index >= 15 is 0 Å². The second-order valence-corrected chi connectivity index (χ2v) is 4.88. The van der Waals surface area contributed by atoms with Crippen molar-refractivity contribution < 1.29 is 14.5 Å². The van der Waals surface area contributed by atoms with Crippen LogP contribution in [-0.2, 0) is 4.74 Å². The van der Waals surface area contributed by atoms with Crippen molar-refractivity contribution in [2.24, 2.45) is 0 Å². The van der Waals surface area contributed by atoms with Crippen LogP contribution >= 0.6 is 11.6 Å². The summed E-state index contributed by atoms with van der Waals surface area (Å²) in [6.07, 6.45) is 0. The van der Waals surface area contributed by atoms with Gasteiger partial charge in [-0.15, -0.1) is 0 Å². The summed E-state index contributed by atoms with van der Waals surface area (Å²) in [6.45, 7) is 2.42. The highest BCUT2D eigenvalue weighted by Crippen LogP contribution is 2.21. The van der Waals surface area contributed by atoms with Gasteiger partial charge in [0.05, 0.1) is 22.1 Å². The van der Waals surface area contributed by atoms with Crippen LogP contribution in [0.2, 0.25) is 5.02 Å². The van der Waals surface area contributed by atoms with Crippen LogP contribution in [0.25, 0.3) is 0 Å². The van der Waals surface area contributed by atoms with Gasteiger partial charge in [-0.25, -0.2) is 0 Å². The number of halogens is 1. The standard InChI is InChI=1S/C13H18ClN3O4/c1-16(7-8-21-2)6-5-15-13(18)11-9-10(17(19)20)3-4-12(11)14/h3-4,9H,5-8H2,1-2H3,(H,15,18). The summed E-state index contributed by atoms with van der Waals surface area (Å²) < 4.78 is 4.95. The molecule has 0 aliphatic carbocycles. The number of amides is 1. The number of hydrogen-bond donors (Lipinski definition) is 1. The molecule has 0 radical (unpaired) electrons. The molecule has 0 bridgehead atoms. The molecule has 0 aliphatic heterocycles. The number of nitrogens with zero attached hydrogens (tertiary/aromatic N) is 2. The van der Waals surface area contributed by atoms with Crippen molar-refractivity contribution in [3.05, 3.63) is 38.9 Å². The Hall–Kier alpha value is -1.70. The molecular formula is C13H18ClN3O4. The van der Waals surface area contributed by atoms with Crippen molar-refractivity contribution in [3.63, 3.8) is 0 Å². The molecule has 1 rings (SSSR count). The average molecular weight is 316 g/mol. The summed E-state index contributed by atoms with van der Waals surface area (Å²) in [5.41, 5.74) is -0.0628. The van der Waals surface area contributed by atoms with E-state index in [1.807, 2.05) is 11.9 Å². The molecule has 1 N–H and O–H groups in total. The third-order valence-electron chi connectivity index (χ3n) is 2.86. The number of ether oxygens (including phenoxy) is 1. The summed E-state index contributed by atoms with van der Waals surface area (Å²) in [5, 5.41) is 13.6. The van der Waals surface area contributed by atoms with E-state index in [1.54, 1.807) is 7.11 Å². The molecule has 0 heterocycles. The minimum atomic E-state index is -0.564. The molecule has 116 valence electrons. The van der Waals surface area contributed by atoms with Crippen molar-refractivity contribution in [2.45, 2.75) is 0 Å². The first-order valence-electron chi connectivity index (χ1n) is 6.35. The fourth-order valence-electron chi connectivity index (χ4n) is 1.62. The number of nitro benzene ring substituents is 1. The molecule has 0 fully saturated rings. The molecular weight excluding hydrogens is 298 g/mol. The first kappa shape index (κ1) is 17.4. The highest BCUT2D eigenvalue weighted by Gasteiger charge is 2.15. The number of benzene rings is 1. The van der Waals surface area contributed by atoms with Crippen LogP contribution < -0.4 is 5.32 Å². The number of hydrogen-bond acceptors (Lipinski definition) is 5. The summed E-state index contributed by atoms with van der Waals surface area (Å²) in [6, 6.07) is 3.78. The largest absolute Gasteiger partial charge is 0.383 e. The van der Waals surface area contributed by atoms with Crippen molar-refractivity contribution in [3.8, 4) is 0 Å². The Morgan fingerprint density at radius 2 is 2.19 bits per heavy atom. The Morgan fingerprint density at radius 3 is 2.81 bits per heavy atom. The van der Waals surface area contributed by atoms with Crippen LogP contribution in [0.15, 0.2) is 18.2 Å². The highest BCUT2D eigenvalue weighted by molar-refractivity contribution is 6.33. The first-order valence-corrected chi connectivity index (χ1v) is 6.73. The maximum absolute atomic E-state index is 12.0. The van der Waals surface area contributed by atoms with E-state index in [9.17, 15) is 14.9 Å². The number of non-ortho nitro benzene ring substituents is 1. The minimum Gasteiger partial charge on any atom is -0.383 e. The van der Waals surface area contributed by atoms with Gasteiger partial charge in [-0.3, -0.25) is 14.9 Å². The molecule has 0 saturated heterocycles. The van der Waals surface area contributed by atoms with Gasteiger partial charge in [0.2, 0.25) is 0 Å². The Morgan fingerprint density at radius 1 is 1.48 bits per heavy atom. The van der Waals surface area contributed by atoms with E-state index in [1.165, 1.54) is 18.2 Å². The number of nitrogens with one attached hydrogen (secondary N) is 1. The van der Waals surface area contributed by atoms with Crippen LogP contribution in [0.4, 0.5) is 5.69 Å². The van der Waals surface area contributed by atoms with Crippen molar-refractivity contribution in [1.29, 1.82) is 0 Å². The quantitative estimate of drug-likeness (QED) is 0.581. The molecule has 0 unspecified atom stereocenters. The van der Waals surface area contributed by atoms with Gasteiger partial charge in [0.1, 0.15) is 0 Å². The number of rotatable bonds is 8. The molecule has 0 aromatic heterocycles. The smallest absolute Gasteiger partial charge is 0.270 e. The van der Waals surface area contributed by atoms with Crippen molar-refractivity contribution in [1.82, 2.24) is 10.2 Å². The zero-order valence-corrected chi connectivity index (χ0v) is 12.7. The third-order valence-corrected chi connectivity index (χ3v) is 3.19. The predicted octanol–water partition coefficient (Wildman–Crippen LogP) is 1.56. The normalized spacial score (nSPS) is 10.7. The van der Waals surface area contributed by atoms with Crippen LogP contribution in [0.3, 0.4) is 0 Å². The Kier molecular flexibility index (Phi) is 7.07. The lowest BCUT2D eigenvalue weighted by molar-refractivity contribution is -0.384. The molecule has 0 aliphatic rings. The highest BCUT2D eigenvalue weighted by atomic mass is 35.5. The van der Waals surface area contributed by atoms with Gasteiger partial charge >= 0.3 is 0 Å². The van der Waals surface area contributed by atoms with Crippen LogP contribution in [0.1, 0.15) is 10.4 Å². The topological polar surface area (TPSA) is 84.7 Å². The van der Waals surface area contributed by atoms with Gasteiger partial charge in [0.25, 0.3) is 11.6 Å². The zero-order valence-electron chi connectivity index (χ0n) is 12.0. The number of carbonyl (C=O) groups is 1. The maximum Gasteiger partial charge on any atom is 0.270 e. The average Bonchev–Trinajstić information content (AvgIpc) is 2.45. The fourth-order valence-corrected chi connectivity index (χ4v) is 1.82. The predicted molar refractivity (Wildman–Crippen MR) is 79.8 cm³/mol. The van der Waals surface area contributed by atoms with Crippen molar-refractivity contribution >= 4 is 23.2 Å². The van der Waals surface area contributed by atoms with E-state index in [-0.39, 0.29) is 16.3 Å². The van der Waals surface area contributed by atoms with Crippen LogP contribution in [-0.4, -0.2) is 56.1 Å². The molecule has 1 aromatic rings. The minimum absolute atomic E-state index is 0.102. The summed E-state index contributed by atoms with van der Waals surface area (Å²) >= 11 is 5.90. The molecule has 21 heavy (non-hydrogen) atoms. The lowest BCUT2D eigenvalue weighted by Gasteiger charge is -2.16. The summed E-state index contributed by atoms with van der Waals surface area (Å²) in [4.78, 5) is 24.1. The maximum atomic E-state index is 12.0. The number of nitro groups is 1. The monoisotopic (exact) mass is 315 g/mol. The van der Waals surface area contributed by atoms with E-state index in [0.717, 1.165) is 6.54 Å². The summed E-state index contributed by atoms with van der Waals surface area (Å²) in [7, 11) is 3.53. The van der Waals surface area contributed by atoms with Gasteiger partial charge in [-0.2, -0.15) is 0 Å². The molecule has 0 atom stereocenters. The molecule has 7 nitrogen and oxygen atoms in total. The van der Waals surface area contributed by atoms with Gasteiger partial charge in [0.15, 0.2) is 0 Å². The Labute approximate surface area is 128 Å². The number of carbonyl (C=O) groups excluding carboxylic acids is 1. The van der Waals surface area contributed by atoms with Crippen LogP contribution in [0, 0.1) is 10.1 Å². The second-order valence-electron chi connectivity index (χ2n) is 4.47. The van der Waals surface area contributed by atoms with Crippen LogP contribution in [0.5, 0.6) is 0 Å². The van der Waals surface area contributed by atoms with Gasteiger partial charge in [-0.05, 0) is 13.1 Å². The molecule has 1 aromatic carbocycles. The van der Waals surface area contributed by atoms with Gasteiger partial charge < -0.3 is 15.0 Å². The summed E-state index contributed by atoms with van der Waals surface area (Å²) in [5.74, 6) is -0.427. The third kappa shape index (κ3) is 5.66. The first-order chi connectivity index (χ1) is 9.95. The SMILES string of the molecule is COCCN(C)CCNC(=O)c1cc([N+](=O)[O-])ccc1Cl. The van der Waals surface area contributed by atoms with E-state index in [0.29, 0.717) is 19.7 Å². The zero-order chi connectivity index (χ0) is 15.8. The lowest BCUT2D eigenvalue weighted by Crippen LogP contribution is -2.34. The molecule has 1 amide bonds. The number of likely N-dealkylation sites (N-methyl/N-ethyl adjacent to an activating group) is 1. The fraction of sp³-hybridized carbons (Fsp3) is 0.462. The van der Waals surface area contributed by atoms with E-state index in [2.05, 4.69) is 5.32 Å². The number of methoxy groups -OCH3 is 1. The Bertz CT molecular complexity index is 510.